The quantitative estimate of drug-likeness (QED) is 0.695. The van der Waals surface area contributed by atoms with Gasteiger partial charge in [0.1, 0.15) is 5.15 Å². The van der Waals surface area contributed by atoms with Crippen LogP contribution in [0.3, 0.4) is 0 Å². The monoisotopic (exact) mass is 403 g/mol. The molecule has 0 spiro atoms. The molecule has 0 saturated heterocycles. The predicted molar refractivity (Wildman–Crippen MR) is 87.7 cm³/mol. The topological polar surface area (TPSA) is 83.7 Å². The number of carboxylic acid groups (broad SMARTS) is 1. The van der Waals surface area contributed by atoms with E-state index in [9.17, 15) is 22.8 Å². The number of nitrogens with one attached hydrogen (secondary N) is 1. The van der Waals surface area contributed by atoms with Crippen molar-refractivity contribution in [2.45, 2.75) is 12.7 Å². The molecular formula is C15H9ClF3N3O3S. The standard InChI is InChI=1S/C15H9ClF3N3O3S/c16-11-10(13(23)20-5-8-2-1-3-26-8)21-12-9(15(17,18)19)4-7(14(24)25)6-22(11)12/h1-4,6H,5H2,(H,20,23)(H,24,25). The van der Waals surface area contributed by atoms with Crippen molar-refractivity contribution in [3.8, 4) is 0 Å². The van der Waals surface area contributed by atoms with Crippen molar-refractivity contribution in [2.24, 2.45) is 0 Å². The summed E-state index contributed by atoms with van der Waals surface area (Å²) >= 11 is 7.39. The van der Waals surface area contributed by atoms with Crippen molar-refractivity contribution in [2.75, 3.05) is 0 Å². The first-order valence-electron chi connectivity index (χ1n) is 7.01. The number of imidazole rings is 1. The summed E-state index contributed by atoms with van der Waals surface area (Å²) in [4.78, 5) is 27.9. The Morgan fingerprint density at radius 2 is 2.12 bits per heavy atom. The third-order valence-corrected chi connectivity index (χ3v) is 4.67. The van der Waals surface area contributed by atoms with Gasteiger partial charge in [0.05, 0.1) is 17.7 Å². The van der Waals surface area contributed by atoms with Crippen LogP contribution in [0.25, 0.3) is 5.65 Å². The number of halogens is 4. The summed E-state index contributed by atoms with van der Waals surface area (Å²) in [5, 5.41) is 12.9. The first kappa shape index (κ1) is 18.2. The van der Waals surface area contributed by atoms with Crippen LogP contribution in [0.1, 0.15) is 31.3 Å². The lowest BCUT2D eigenvalue weighted by Crippen LogP contribution is -2.23. The highest BCUT2D eigenvalue weighted by Crippen LogP contribution is 2.34. The van der Waals surface area contributed by atoms with Crippen LogP contribution in [0, 0.1) is 0 Å². The second-order valence-electron chi connectivity index (χ2n) is 5.15. The van der Waals surface area contributed by atoms with Crippen molar-refractivity contribution in [3.63, 3.8) is 0 Å². The Hall–Kier alpha value is -2.59. The summed E-state index contributed by atoms with van der Waals surface area (Å²) in [5.74, 6) is -2.33. The van der Waals surface area contributed by atoms with E-state index in [0.717, 1.165) is 15.5 Å². The number of fused-ring (bicyclic) bond motifs is 1. The van der Waals surface area contributed by atoms with Crippen LogP contribution in [0.15, 0.2) is 29.8 Å². The van der Waals surface area contributed by atoms with Crippen LogP contribution < -0.4 is 5.32 Å². The maximum Gasteiger partial charge on any atom is 0.420 e. The zero-order valence-corrected chi connectivity index (χ0v) is 14.2. The van der Waals surface area contributed by atoms with Gasteiger partial charge in [-0.05, 0) is 17.5 Å². The highest BCUT2D eigenvalue weighted by molar-refractivity contribution is 7.09. The molecule has 0 aliphatic rings. The lowest BCUT2D eigenvalue weighted by atomic mass is 10.2. The maximum absolute atomic E-state index is 13.2. The number of aromatic carboxylic acids is 1. The number of carbonyl (C=O) groups is 2. The smallest absolute Gasteiger partial charge is 0.420 e. The molecule has 3 rings (SSSR count). The molecule has 0 fully saturated rings. The fraction of sp³-hybridized carbons (Fsp3) is 0.133. The number of carboxylic acids is 1. The maximum atomic E-state index is 13.2. The number of thiophene rings is 1. The van der Waals surface area contributed by atoms with Gasteiger partial charge in [-0.2, -0.15) is 13.2 Å². The van der Waals surface area contributed by atoms with Crippen LogP contribution in [-0.4, -0.2) is 26.4 Å². The van der Waals surface area contributed by atoms with Gasteiger partial charge in [-0.3, -0.25) is 9.20 Å². The van der Waals surface area contributed by atoms with Gasteiger partial charge in [0.25, 0.3) is 5.91 Å². The van der Waals surface area contributed by atoms with Gasteiger partial charge < -0.3 is 10.4 Å². The largest absolute Gasteiger partial charge is 0.478 e. The summed E-state index contributed by atoms with van der Waals surface area (Å²) in [7, 11) is 0. The van der Waals surface area contributed by atoms with E-state index in [1.807, 2.05) is 5.38 Å². The Morgan fingerprint density at radius 3 is 2.69 bits per heavy atom. The molecule has 3 heterocycles. The number of nitrogens with zero attached hydrogens (tertiary/aromatic N) is 2. The minimum absolute atomic E-state index is 0.160. The number of hydrogen-bond donors (Lipinski definition) is 2. The summed E-state index contributed by atoms with van der Waals surface area (Å²) in [6.45, 7) is 0.160. The Bertz CT molecular complexity index is 999. The molecule has 0 bridgehead atoms. The van der Waals surface area contributed by atoms with E-state index < -0.39 is 45.7 Å². The Labute approximate surface area is 152 Å². The molecule has 0 unspecified atom stereocenters. The number of hydrogen-bond acceptors (Lipinski definition) is 4. The molecule has 3 aromatic rings. The number of alkyl halides is 3. The highest BCUT2D eigenvalue weighted by atomic mass is 35.5. The molecule has 0 aromatic carbocycles. The summed E-state index contributed by atoms with van der Waals surface area (Å²) in [6.07, 6.45) is -3.98. The molecular weight excluding hydrogens is 395 g/mol. The van der Waals surface area contributed by atoms with Crippen molar-refractivity contribution in [3.05, 3.63) is 56.6 Å². The minimum atomic E-state index is -4.87. The molecule has 0 radical (unpaired) electrons. The average Bonchev–Trinajstić information content (AvgIpc) is 3.19. The normalized spacial score (nSPS) is 11.7. The molecule has 0 saturated carbocycles. The first-order chi connectivity index (χ1) is 12.2. The van der Waals surface area contributed by atoms with Crippen LogP contribution in [-0.2, 0) is 12.7 Å². The second-order valence-corrected chi connectivity index (χ2v) is 6.54. The Balaban J connectivity index is 2.06. The molecule has 6 nitrogen and oxygen atoms in total. The van der Waals surface area contributed by atoms with Gasteiger partial charge in [0.15, 0.2) is 11.3 Å². The number of aromatic nitrogens is 2. The van der Waals surface area contributed by atoms with E-state index in [-0.39, 0.29) is 6.54 Å². The molecule has 26 heavy (non-hydrogen) atoms. The average molecular weight is 404 g/mol. The van der Waals surface area contributed by atoms with Crippen LogP contribution in [0.2, 0.25) is 5.15 Å². The Morgan fingerprint density at radius 1 is 1.38 bits per heavy atom. The van der Waals surface area contributed by atoms with Gasteiger partial charge in [-0.25, -0.2) is 9.78 Å². The van der Waals surface area contributed by atoms with Gasteiger partial charge in [-0.1, -0.05) is 17.7 Å². The van der Waals surface area contributed by atoms with E-state index in [1.54, 1.807) is 12.1 Å². The van der Waals surface area contributed by atoms with Crippen molar-refractivity contribution in [1.82, 2.24) is 14.7 Å². The zero-order chi connectivity index (χ0) is 19.1. The number of pyridine rings is 1. The van der Waals surface area contributed by atoms with Gasteiger partial charge >= 0.3 is 12.1 Å². The van der Waals surface area contributed by atoms with Crippen molar-refractivity contribution >= 4 is 40.5 Å². The summed E-state index contributed by atoms with van der Waals surface area (Å²) in [6, 6.07) is 4.01. The molecule has 0 aliphatic carbocycles. The fourth-order valence-corrected chi connectivity index (χ4v) is 3.15. The van der Waals surface area contributed by atoms with Gasteiger partial charge in [0.2, 0.25) is 0 Å². The molecule has 3 aromatic heterocycles. The van der Waals surface area contributed by atoms with E-state index in [1.165, 1.54) is 11.3 Å². The molecule has 0 atom stereocenters. The second kappa shape index (κ2) is 6.61. The van der Waals surface area contributed by atoms with Crippen molar-refractivity contribution in [1.29, 1.82) is 0 Å². The number of amides is 1. The van der Waals surface area contributed by atoms with Gasteiger partial charge in [-0.15, -0.1) is 11.3 Å². The lowest BCUT2D eigenvalue weighted by Gasteiger charge is -2.09. The zero-order valence-electron chi connectivity index (χ0n) is 12.7. The third-order valence-electron chi connectivity index (χ3n) is 3.43. The molecule has 2 N–H and O–H groups in total. The van der Waals surface area contributed by atoms with Crippen LogP contribution in [0.5, 0.6) is 0 Å². The SMILES string of the molecule is O=C(O)c1cc(C(F)(F)F)c2nc(C(=O)NCc3cccs3)c(Cl)n2c1. The lowest BCUT2D eigenvalue weighted by molar-refractivity contribution is -0.136. The molecule has 0 aliphatic heterocycles. The molecule has 136 valence electrons. The molecule has 1 amide bonds. The Kier molecular flexibility index (Phi) is 4.63. The minimum Gasteiger partial charge on any atom is -0.478 e. The highest BCUT2D eigenvalue weighted by Gasteiger charge is 2.36. The summed E-state index contributed by atoms with van der Waals surface area (Å²) < 4.78 is 40.5. The van der Waals surface area contributed by atoms with Gasteiger partial charge in [0, 0.05) is 11.1 Å². The number of carbonyl (C=O) groups excluding carboxylic acids is 1. The fourth-order valence-electron chi connectivity index (χ4n) is 2.25. The van der Waals surface area contributed by atoms with E-state index in [4.69, 9.17) is 16.7 Å². The predicted octanol–water partition coefficient (Wildman–Crippen LogP) is 3.70. The van der Waals surface area contributed by atoms with Crippen LogP contribution >= 0.6 is 22.9 Å². The van der Waals surface area contributed by atoms with Crippen molar-refractivity contribution < 1.29 is 27.9 Å². The van der Waals surface area contributed by atoms with E-state index in [2.05, 4.69) is 10.3 Å². The first-order valence-corrected chi connectivity index (χ1v) is 8.27. The number of rotatable bonds is 4. The third kappa shape index (κ3) is 3.37. The van der Waals surface area contributed by atoms with E-state index in [0.29, 0.717) is 6.07 Å². The van der Waals surface area contributed by atoms with Crippen LogP contribution in [0.4, 0.5) is 13.2 Å². The summed E-state index contributed by atoms with van der Waals surface area (Å²) in [5.41, 5.74) is -2.99. The molecule has 11 heteroatoms. The van der Waals surface area contributed by atoms with E-state index >= 15 is 0 Å².